The molecule has 0 heterocycles. The van der Waals surface area contributed by atoms with Crippen molar-refractivity contribution in [3.8, 4) is 0 Å². The van der Waals surface area contributed by atoms with Crippen molar-refractivity contribution in [1.29, 1.82) is 0 Å². The van der Waals surface area contributed by atoms with Crippen LogP contribution < -0.4 is 0 Å². The van der Waals surface area contributed by atoms with E-state index in [1.165, 1.54) is 12.8 Å². The van der Waals surface area contributed by atoms with Crippen molar-refractivity contribution >= 4 is 15.9 Å². The fraction of sp³-hybridized carbons (Fsp3) is 0.429. The second-order valence-corrected chi connectivity index (χ2v) is 2.69. The highest BCUT2D eigenvalue weighted by Gasteiger charge is 1.95. The monoisotopic (exact) mass is 172 g/mol. The van der Waals surface area contributed by atoms with Gasteiger partial charge in [0.15, 0.2) is 0 Å². The van der Waals surface area contributed by atoms with E-state index in [1.54, 1.807) is 5.57 Å². The molecule has 0 amide bonds. The van der Waals surface area contributed by atoms with Gasteiger partial charge in [0.05, 0.1) is 0 Å². The van der Waals surface area contributed by atoms with Crippen LogP contribution in [0.1, 0.15) is 12.8 Å². The van der Waals surface area contributed by atoms with Crippen LogP contribution in [0.3, 0.4) is 0 Å². The van der Waals surface area contributed by atoms with Crippen molar-refractivity contribution in [3.63, 3.8) is 0 Å². The molecule has 0 atom stereocenters. The smallest absolute Gasteiger partial charge is 0.00687 e. The molecule has 0 aromatic rings. The highest BCUT2D eigenvalue weighted by Crippen LogP contribution is 2.14. The van der Waals surface area contributed by atoms with Crippen molar-refractivity contribution in [2.45, 2.75) is 12.8 Å². The van der Waals surface area contributed by atoms with Crippen molar-refractivity contribution in [1.82, 2.24) is 0 Å². The summed E-state index contributed by atoms with van der Waals surface area (Å²) in [7, 11) is 0. The normalized spacial score (nSPS) is 16.9. The summed E-state index contributed by atoms with van der Waals surface area (Å²) < 4.78 is 0. The van der Waals surface area contributed by atoms with Gasteiger partial charge in [-0.2, -0.15) is 0 Å². The predicted molar refractivity (Wildman–Crippen MR) is 40.3 cm³/mol. The van der Waals surface area contributed by atoms with E-state index in [2.05, 4.69) is 34.2 Å². The first-order chi connectivity index (χ1) is 3.93. The van der Waals surface area contributed by atoms with Gasteiger partial charge in [-0.3, -0.25) is 0 Å². The molecule has 0 aliphatic heterocycles. The van der Waals surface area contributed by atoms with Crippen LogP contribution in [0.15, 0.2) is 23.8 Å². The van der Waals surface area contributed by atoms with Gasteiger partial charge >= 0.3 is 0 Å². The lowest BCUT2D eigenvalue weighted by molar-refractivity contribution is 1.07. The van der Waals surface area contributed by atoms with Crippen LogP contribution in [0.5, 0.6) is 0 Å². The lowest BCUT2D eigenvalue weighted by atomic mass is 10.2. The Bertz CT molecular complexity index is 122. The lowest BCUT2D eigenvalue weighted by Gasteiger charge is -1.92. The molecule has 0 unspecified atom stereocenters. The second-order valence-electron chi connectivity index (χ2n) is 1.90. The van der Waals surface area contributed by atoms with Gasteiger partial charge in [-0.15, -0.1) is 0 Å². The molecule has 44 valence electrons. The Morgan fingerprint density at radius 3 is 3.00 bits per heavy atom. The molecule has 0 N–H and O–H groups in total. The lowest BCUT2D eigenvalue weighted by Crippen LogP contribution is -1.77. The number of hydrogen-bond acceptors (Lipinski definition) is 0. The van der Waals surface area contributed by atoms with Gasteiger partial charge in [0, 0.05) is 5.33 Å². The minimum absolute atomic E-state index is 1.10. The summed E-state index contributed by atoms with van der Waals surface area (Å²) in [4.78, 5) is 0. The average Bonchev–Trinajstić information content (AvgIpc) is 2.19. The van der Waals surface area contributed by atoms with Crippen LogP contribution in [0, 0.1) is 0 Å². The second kappa shape index (κ2) is 3.08. The average molecular weight is 173 g/mol. The Morgan fingerprint density at radius 2 is 2.50 bits per heavy atom. The number of halogens is 1. The third-order valence-corrected chi connectivity index (χ3v) is 1.66. The molecule has 0 saturated carbocycles. The quantitative estimate of drug-likeness (QED) is 0.563. The van der Waals surface area contributed by atoms with Crippen LogP contribution in [0.2, 0.25) is 0 Å². The van der Waals surface area contributed by atoms with Gasteiger partial charge in [0.25, 0.3) is 0 Å². The Hall–Kier alpha value is -0.0400. The number of alkyl halides is 1. The maximum Gasteiger partial charge on any atom is 0.00687 e. The van der Waals surface area contributed by atoms with Crippen LogP contribution in [-0.2, 0) is 0 Å². The van der Waals surface area contributed by atoms with Gasteiger partial charge in [0.2, 0.25) is 0 Å². The topological polar surface area (TPSA) is 0 Å². The van der Waals surface area contributed by atoms with Crippen LogP contribution in [-0.4, -0.2) is 5.33 Å². The largest absolute Gasteiger partial charge is 0.0925 e. The molecular formula is C7H9Br. The first-order valence-electron chi connectivity index (χ1n) is 2.84. The summed E-state index contributed by atoms with van der Waals surface area (Å²) >= 11 is 3.39. The minimum atomic E-state index is 1.10. The molecule has 0 spiro atoms. The first kappa shape index (κ1) is 6.09. The Balaban J connectivity index is 2.28. The Morgan fingerprint density at radius 1 is 1.62 bits per heavy atom. The van der Waals surface area contributed by atoms with E-state index in [-0.39, 0.29) is 0 Å². The zero-order valence-electron chi connectivity index (χ0n) is 4.73. The summed E-state index contributed by atoms with van der Waals surface area (Å²) in [6, 6.07) is 0. The summed E-state index contributed by atoms with van der Waals surface area (Å²) in [5.74, 6) is 0. The minimum Gasteiger partial charge on any atom is -0.0925 e. The van der Waals surface area contributed by atoms with Crippen molar-refractivity contribution in [3.05, 3.63) is 23.8 Å². The molecule has 8 heavy (non-hydrogen) atoms. The molecule has 0 fully saturated rings. The molecular weight excluding hydrogens is 164 g/mol. The summed E-state index contributed by atoms with van der Waals surface area (Å²) in [5, 5.41) is 1.10. The molecule has 0 aromatic carbocycles. The van der Waals surface area contributed by atoms with Gasteiger partial charge in [-0.05, 0) is 12.8 Å². The number of allylic oxidation sites excluding steroid dienone is 4. The molecule has 1 rings (SSSR count). The highest BCUT2D eigenvalue weighted by atomic mass is 79.9. The third kappa shape index (κ3) is 1.48. The SMILES string of the molecule is BrCCC1=CC=CC1. The maximum absolute atomic E-state index is 3.39. The van der Waals surface area contributed by atoms with Crippen molar-refractivity contribution in [2.75, 3.05) is 5.33 Å². The molecule has 1 heteroatoms. The molecule has 0 bridgehead atoms. The van der Waals surface area contributed by atoms with E-state index < -0.39 is 0 Å². The van der Waals surface area contributed by atoms with E-state index in [4.69, 9.17) is 0 Å². The predicted octanol–water partition coefficient (Wildman–Crippen LogP) is 2.66. The number of hydrogen-bond donors (Lipinski definition) is 0. The third-order valence-electron chi connectivity index (χ3n) is 1.26. The fourth-order valence-electron chi connectivity index (χ4n) is 0.798. The molecule has 0 saturated heterocycles. The van der Waals surface area contributed by atoms with E-state index >= 15 is 0 Å². The first-order valence-corrected chi connectivity index (χ1v) is 3.96. The van der Waals surface area contributed by atoms with E-state index in [0.717, 1.165) is 5.33 Å². The Labute approximate surface area is 58.4 Å². The molecule has 1 aliphatic rings. The summed E-state index contributed by atoms with van der Waals surface area (Å²) in [6.07, 6.45) is 8.88. The number of rotatable bonds is 2. The Kier molecular flexibility index (Phi) is 2.34. The molecule has 0 aromatic heterocycles. The van der Waals surface area contributed by atoms with Gasteiger partial charge in [-0.25, -0.2) is 0 Å². The maximum atomic E-state index is 3.39. The van der Waals surface area contributed by atoms with E-state index in [9.17, 15) is 0 Å². The summed E-state index contributed by atoms with van der Waals surface area (Å²) in [6.45, 7) is 0. The van der Waals surface area contributed by atoms with Gasteiger partial charge in [0.1, 0.15) is 0 Å². The zero-order chi connectivity index (χ0) is 5.82. The zero-order valence-corrected chi connectivity index (χ0v) is 6.32. The van der Waals surface area contributed by atoms with E-state index in [0.29, 0.717) is 0 Å². The molecule has 1 aliphatic carbocycles. The molecule has 0 nitrogen and oxygen atoms in total. The van der Waals surface area contributed by atoms with Crippen LogP contribution >= 0.6 is 15.9 Å². The standard InChI is InChI=1S/C7H9Br/c8-6-5-7-3-1-2-4-7/h1-3H,4-6H2. The summed E-state index contributed by atoms with van der Waals surface area (Å²) in [5.41, 5.74) is 1.54. The molecule has 0 radical (unpaired) electrons. The fourth-order valence-corrected chi connectivity index (χ4v) is 1.31. The van der Waals surface area contributed by atoms with Crippen LogP contribution in [0.4, 0.5) is 0 Å². The van der Waals surface area contributed by atoms with Crippen molar-refractivity contribution < 1.29 is 0 Å². The van der Waals surface area contributed by atoms with E-state index in [1.807, 2.05) is 0 Å². The van der Waals surface area contributed by atoms with Crippen LogP contribution in [0.25, 0.3) is 0 Å². The van der Waals surface area contributed by atoms with Gasteiger partial charge < -0.3 is 0 Å². The van der Waals surface area contributed by atoms with Gasteiger partial charge in [-0.1, -0.05) is 39.7 Å². The van der Waals surface area contributed by atoms with Crippen molar-refractivity contribution in [2.24, 2.45) is 0 Å². The highest BCUT2D eigenvalue weighted by molar-refractivity contribution is 9.09.